The Hall–Kier alpha value is -2.85. The first-order chi connectivity index (χ1) is 25.5. The lowest BCUT2D eigenvalue weighted by Crippen LogP contribution is -2.70. The lowest BCUT2D eigenvalue weighted by atomic mass is 9.72. The second-order valence-electron chi connectivity index (χ2n) is 17.0. The number of aliphatic hydroxyl groups is 4. The van der Waals surface area contributed by atoms with Crippen LogP contribution < -0.4 is 33.2 Å². The number of amides is 3. The summed E-state index contributed by atoms with van der Waals surface area (Å²) < 4.78 is 29.1. The Balaban J connectivity index is 1.78. The molecule has 2 heterocycles. The zero-order chi connectivity index (χ0) is 41.5. The van der Waals surface area contributed by atoms with E-state index >= 15 is 0 Å². The van der Waals surface area contributed by atoms with Gasteiger partial charge in [0.2, 0.25) is 5.91 Å². The number of nitrogens with one attached hydrogen (secondary N) is 3. The molecule has 0 aromatic carbocycles. The van der Waals surface area contributed by atoms with Crippen LogP contribution in [0.25, 0.3) is 0 Å². The number of aliphatic hydroxyl groups excluding tert-OH is 3. The van der Waals surface area contributed by atoms with Crippen LogP contribution in [0, 0.1) is 5.92 Å². The molecule has 0 bridgehead atoms. The highest BCUT2D eigenvalue weighted by molar-refractivity contribution is 5.80. The summed E-state index contributed by atoms with van der Waals surface area (Å²) in [7, 11) is 1.37. The van der Waals surface area contributed by atoms with Gasteiger partial charge in [0.15, 0.2) is 6.29 Å². The van der Waals surface area contributed by atoms with Crippen molar-refractivity contribution in [1.29, 1.82) is 0 Å². The van der Waals surface area contributed by atoms with Crippen molar-refractivity contribution in [2.75, 3.05) is 39.8 Å². The predicted octanol–water partition coefficient (Wildman–Crippen LogP) is -1.52. The molecule has 3 rings (SSSR count). The molecular weight excluding hydrogens is 722 g/mol. The number of ether oxygens (including phenoxy) is 5. The summed E-state index contributed by atoms with van der Waals surface area (Å²) in [4.78, 5) is 39.0. The van der Waals surface area contributed by atoms with E-state index in [1.807, 2.05) is 6.08 Å². The lowest BCUT2D eigenvalue weighted by molar-refractivity contribution is -0.305. The van der Waals surface area contributed by atoms with Crippen LogP contribution in [0.4, 0.5) is 9.59 Å². The van der Waals surface area contributed by atoms with Gasteiger partial charge in [0.25, 0.3) is 0 Å². The standard InChI is InChI=1S/C36H67N7O12/c1-34(2,3)54-32(48)41-15-9-14-40-17-19-10-11-20(38)27(52-19)24-21(39)16-22(42-30(47)23(44)12-13-37)28(25(24)45)53-31-26(46)29(36(7,50)18-51-31)43(8)33(49)55-35(4,5)6/h10,20-29,31,40,44-46,50H,9,11-18,37-39H2,1-8H3,(H,41,48)(H,42,47)/t20-,21+,22-,23-,24-,25+,26-,27?,28+,29-,31-,36+/m1/s1. The summed E-state index contributed by atoms with van der Waals surface area (Å²) >= 11 is 0. The number of hydrogen-bond acceptors (Lipinski definition) is 16. The first-order valence-electron chi connectivity index (χ1n) is 19.0. The van der Waals surface area contributed by atoms with Crippen LogP contribution in [0.2, 0.25) is 0 Å². The van der Waals surface area contributed by atoms with Crippen LogP contribution in [0.15, 0.2) is 11.8 Å². The first-order valence-corrected chi connectivity index (χ1v) is 19.0. The minimum Gasteiger partial charge on any atom is -0.492 e. The molecule has 1 unspecified atom stereocenters. The molecule has 3 amide bonds. The minimum absolute atomic E-state index is 0.0201. The van der Waals surface area contributed by atoms with Crippen molar-refractivity contribution in [3.05, 3.63) is 11.8 Å². The molecule has 1 saturated heterocycles. The molecule has 0 spiro atoms. The monoisotopic (exact) mass is 789 g/mol. The summed E-state index contributed by atoms with van der Waals surface area (Å²) in [5.41, 5.74) is 15.6. The molecule has 55 heavy (non-hydrogen) atoms. The zero-order valence-electron chi connectivity index (χ0n) is 33.5. The molecule has 19 nitrogen and oxygen atoms in total. The Labute approximate surface area is 323 Å². The Morgan fingerprint density at radius 3 is 2.33 bits per heavy atom. The number of nitrogens with two attached hydrogens (primary N) is 3. The third kappa shape index (κ3) is 13.4. The Morgan fingerprint density at radius 1 is 1.05 bits per heavy atom. The normalized spacial score (nSPS) is 33.4. The van der Waals surface area contributed by atoms with E-state index in [1.54, 1.807) is 41.5 Å². The first kappa shape index (κ1) is 46.5. The molecule has 19 heteroatoms. The van der Waals surface area contributed by atoms with Crippen LogP contribution in [-0.4, -0.2) is 161 Å². The summed E-state index contributed by atoms with van der Waals surface area (Å²) in [5.74, 6) is -1.03. The van der Waals surface area contributed by atoms with Crippen molar-refractivity contribution in [3.63, 3.8) is 0 Å². The van der Waals surface area contributed by atoms with E-state index in [2.05, 4.69) is 16.0 Å². The van der Waals surface area contributed by atoms with Gasteiger partial charge in [-0.15, -0.1) is 0 Å². The number of likely N-dealkylation sites (N-methyl/N-ethyl adjacent to an activating group) is 1. The van der Waals surface area contributed by atoms with E-state index in [0.717, 1.165) is 4.90 Å². The van der Waals surface area contributed by atoms with Gasteiger partial charge in [-0.3, -0.25) is 4.79 Å². The highest BCUT2D eigenvalue weighted by atomic mass is 16.7. The highest BCUT2D eigenvalue weighted by Crippen LogP contribution is 2.37. The fourth-order valence-corrected chi connectivity index (χ4v) is 7.06. The number of carbonyl (C=O) groups excluding carboxylic acids is 3. The molecule has 0 aromatic rings. The van der Waals surface area contributed by atoms with E-state index in [0.29, 0.717) is 38.2 Å². The molecule has 0 aromatic heterocycles. The van der Waals surface area contributed by atoms with Crippen molar-refractivity contribution in [1.82, 2.24) is 20.9 Å². The summed E-state index contributed by atoms with van der Waals surface area (Å²) in [6.45, 7) is 12.7. The van der Waals surface area contributed by atoms with Gasteiger partial charge in [-0.1, -0.05) is 0 Å². The molecule has 2 fully saturated rings. The number of nitrogens with zero attached hydrogens (tertiary/aromatic N) is 1. The summed E-state index contributed by atoms with van der Waals surface area (Å²) in [5, 5.41) is 53.9. The lowest BCUT2D eigenvalue weighted by Gasteiger charge is -2.51. The highest BCUT2D eigenvalue weighted by Gasteiger charge is 2.55. The average molecular weight is 790 g/mol. The van der Waals surface area contributed by atoms with Crippen LogP contribution in [0.3, 0.4) is 0 Å². The van der Waals surface area contributed by atoms with E-state index in [1.165, 1.54) is 14.0 Å². The number of rotatable bonds is 14. The van der Waals surface area contributed by atoms with Gasteiger partial charge in [0.05, 0.1) is 31.3 Å². The maximum Gasteiger partial charge on any atom is 0.410 e. The largest absolute Gasteiger partial charge is 0.492 e. The minimum atomic E-state index is -1.74. The second kappa shape index (κ2) is 19.5. The van der Waals surface area contributed by atoms with Crippen molar-refractivity contribution in [2.45, 2.75) is 152 Å². The second-order valence-corrected chi connectivity index (χ2v) is 17.0. The molecule has 2 aliphatic heterocycles. The third-order valence-electron chi connectivity index (χ3n) is 9.59. The average Bonchev–Trinajstić information content (AvgIpc) is 3.04. The molecule has 1 aliphatic carbocycles. The molecule has 1 saturated carbocycles. The quantitative estimate of drug-likeness (QED) is 0.0895. The maximum atomic E-state index is 13.0. The van der Waals surface area contributed by atoms with E-state index < -0.39 is 102 Å². The molecule has 12 atom stereocenters. The Morgan fingerprint density at radius 2 is 1.71 bits per heavy atom. The van der Waals surface area contributed by atoms with E-state index in [9.17, 15) is 34.8 Å². The maximum absolute atomic E-state index is 13.0. The molecule has 0 radical (unpaired) electrons. The summed E-state index contributed by atoms with van der Waals surface area (Å²) in [6.07, 6.45) is -6.56. The third-order valence-corrected chi connectivity index (χ3v) is 9.59. The van der Waals surface area contributed by atoms with Crippen molar-refractivity contribution in [3.8, 4) is 0 Å². The van der Waals surface area contributed by atoms with Crippen LogP contribution in [0.1, 0.15) is 74.1 Å². The van der Waals surface area contributed by atoms with E-state index in [4.69, 9.17) is 40.9 Å². The van der Waals surface area contributed by atoms with E-state index in [-0.39, 0.29) is 26.0 Å². The van der Waals surface area contributed by atoms with Gasteiger partial charge in [0.1, 0.15) is 47.0 Å². The number of alkyl carbamates (subject to hydrolysis) is 1. The smallest absolute Gasteiger partial charge is 0.410 e. The van der Waals surface area contributed by atoms with Crippen molar-refractivity contribution < 1.29 is 58.5 Å². The predicted molar refractivity (Wildman–Crippen MR) is 200 cm³/mol. The number of carbonyl (C=O) groups is 3. The molecule has 3 aliphatic rings. The van der Waals surface area contributed by atoms with Gasteiger partial charge in [-0.2, -0.15) is 0 Å². The Bertz CT molecular complexity index is 1310. The number of hydrogen-bond donors (Lipinski definition) is 10. The van der Waals surface area contributed by atoms with Crippen LogP contribution in [-0.2, 0) is 28.5 Å². The van der Waals surface area contributed by atoms with Gasteiger partial charge in [0, 0.05) is 31.6 Å². The van der Waals surface area contributed by atoms with Crippen LogP contribution in [0.5, 0.6) is 0 Å². The zero-order valence-corrected chi connectivity index (χ0v) is 33.5. The molecule has 318 valence electrons. The Kier molecular flexibility index (Phi) is 16.5. The van der Waals surface area contributed by atoms with Gasteiger partial charge in [-0.05, 0) is 93.3 Å². The fourth-order valence-electron chi connectivity index (χ4n) is 7.06. The van der Waals surface area contributed by atoms with Crippen LogP contribution >= 0.6 is 0 Å². The summed E-state index contributed by atoms with van der Waals surface area (Å²) in [6, 6.07) is -3.63. The fraction of sp³-hybridized carbons (Fsp3) is 0.861. The molecule has 13 N–H and O–H groups in total. The van der Waals surface area contributed by atoms with Crippen molar-refractivity contribution in [2.24, 2.45) is 23.1 Å². The van der Waals surface area contributed by atoms with Crippen molar-refractivity contribution >= 4 is 18.1 Å². The van der Waals surface area contributed by atoms with Gasteiger partial charge >= 0.3 is 12.2 Å². The topological polar surface area (TPSA) is 296 Å². The SMILES string of the molecule is CN(C(=O)OC(C)(C)C)[C@@H]1[C@@H](O)[C@@H](O[C@@H]2[C@@H](O)[C@H](C3OC(CNCCCNC(=O)OC(C)(C)C)=CC[C@H]3N)[C@@H](N)C[C@H]2NC(=O)[C@H](O)CCN)OC[C@]1(C)O. The van der Waals surface area contributed by atoms with Gasteiger partial charge < -0.3 is 82.2 Å². The van der Waals surface area contributed by atoms with Gasteiger partial charge in [-0.25, -0.2) is 9.59 Å². The molecular formula is C36H67N7O12.